The van der Waals surface area contributed by atoms with Crippen LogP contribution in [0.5, 0.6) is 23.0 Å². The van der Waals surface area contributed by atoms with E-state index >= 15 is 0 Å². The first-order valence-corrected chi connectivity index (χ1v) is 7.91. The fourth-order valence-corrected chi connectivity index (χ4v) is 2.97. The van der Waals surface area contributed by atoms with Crippen LogP contribution < -0.4 is 9.05 Å². The summed E-state index contributed by atoms with van der Waals surface area (Å²) in [6.45, 7) is 3.54. The largest absolute Gasteiger partial charge is 0.508 e. The Morgan fingerprint density at radius 1 is 0.905 bits per heavy atom. The molecule has 0 fully saturated rings. The molecular formula is C15H15O5P. The van der Waals surface area contributed by atoms with E-state index in [1.165, 1.54) is 54.6 Å². The van der Waals surface area contributed by atoms with Crippen molar-refractivity contribution in [3.63, 3.8) is 0 Å². The van der Waals surface area contributed by atoms with E-state index in [-0.39, 0.29) is 17.7 Å². The van der Waals surface area contributed by atoms with Gasteiger partial charge in [0.15, 0.2) is 0 Å². The highest BCUT2D eigenvalue weighted by Gasteiger charge is 2.26. The smallest absolute Gasteiger partial charge is 0.434 e. The molecule has 0 aliphatic rings. The maximum absolute atomic E-state index is 12.7. The number of phenols is 2. The molecule has 2 aromatic rings. The molecule has 0 saturated heterocycles. The van der Waals surface area contributed by atoms with Crippen LogP contribution in [0.4, 0.5) is 0 Å². The van der Waals surface area contributed by atoms with Crippen molar-refractivity contribution in [3.8, 4) is 23.0 Å². The summed E-state index contributed by atoms with van der Waals surface area (Å²) in [6, 6.07) is 11.7. The van der Waals surface area contributed by atoms with Crippen LogP contribution in [0, 0.1) is 0 Å². The van der Waals surface area contributed by atoms with Gasteiger partial charge in [0.05, 0.1) is 6.16 Å². The number of phenolic OH excluding ortho intramolecular Hbond substituents is 2. The molecule has 0 aliphatic carbocycles. The van der Waals surface area contributed by atoms with Gasteiger partial charge in [0.25, 0.3) is 0 Å². The van der Waals surface area contributed by atoms with E-state index in [2.05, 4.69) is 6.58 Å². The van der Waals surface area contributed by atoms with Gasteiger partial charge in [-0.1, -0.05) is 6.08 Å². The van der Waals surface area contributed by atoms with E-state index in [4.69, 9.17) is 9.05 Å². The van der Waals surface area contributed by atoms with E-state index in [1.807, 2.05) is 0 Å². The second-order valence-corrected chi connectivity index (χ2v) is 6.20. The van der Waals surface area contributed by atoms with Gasteiger partial charge in [0.1, 0.15) is 23.0 Å². The van der Waals surface area contributed by atoms with Crippen LogP contribution in [0.25, 0.3) is 0 Å². The molecule has 2 aromatic carbocycles. The topological polar surface area (TPSA) is 76.0 Å². The molecule has 0 amide bonds. The van der Waals surface area contributed by atoms with Gasteiger partial charge in [-0.05, 0) is 48.5 Å². The lowest BCUT2D eigenvalue weighted by molar-refractivity contribution is 0.388. The average Bonchev–Trinajstić information content (AvgIpc) is 2.44. The summed E-state index contributed by atoms with van der Waals surface area (Å²) >= 11 is 0. The van der Waals surface area contributed by atoms with Crippen LogP contribution >= 0.6 is 7.60 Å². The maximum Gasteiger partial charge on any atom is 0.434 e. The van der Waals surface area contributed by atoms with Crippen LogP contribution in [0.3, 0.4) is 0 Å². The van der Waals surface area contributed by atoms with Crippen molar-refractivity contribution in [3.05, 3.63) is 61.2 Å². The predicted octanol–water partition coefficient (Wildman–Crippen LogP) is 3.93. The molecule has 110 valence electrons. The van der Waals surface area contributed by atoms with Gasteiger partial charge in [0.2, 0.25) is 0 Å². The summed E-state index contributed by atoms with van der Waals surface area (Å²) in [4.78, 5) is 0. The summed E-state index contributed by atoms with van der Waals surface area (Å²) in [7, 11) is -3.47. The molecule has 2 N–H and O–H groups in total. The second kappa shape index (κ2) is 6.37. The summed E-state index contributed by atoms with van der Waals surface area (Å²) in [5.41, 5.74) is 0. The third-order valence-electron chi connectivity index (χ3n) is 2.52. The lowest BCUT2D eigenvalue weighted by atomic mass is 10.3. The Morgan fingerprint density at radius 3 is 1.62 bits per heavy atom. The third kappa shape index (κ3) is 4.29. The number of benzene rings is 2. The lowest BCUT2D eigenvalue weighted by Gasteiger charge is -2.19. The van der Waals surface area contributed by atoms with Crippen molar-refractivity contribution < 1.29 is 23.8 Å². The van der Waals surface area contributed by atoms with Gasteiger partial charge in [-0.3, -0.25) is 0 Å². The van der Waals surface area contributed by atoms with E-state index in [0.717, 1.165) is 0 Å². The van der Waals surface area contributed by atoms with E-state index in [0.29, 0.717) is 11.5 Å². The van der Waals surface area contributed by atoms with Crippen LogP contribution in [-0.4, -0.2) is 16.4 Å². The van der Waals surface area contributed by atoms with Gasteiger partial charge in [0, 0.05) is 0 Å². The quantitative estimate of drug-likeness (QED) is 0.624. The fourth-order valence-electron chi connectivity index (χ4n) is 1.59. The first-order valence-electron chi connectivity index (χ1n) is 6.18. The van der Waals surface area contributed by atoms with E-state index in [1.54, 1.807) is 0 Å². The Hall–Kier alpha value is -2.39. The molecule has 0 bridgehead atoms. The van der Waals surface area contributed by atoms with Crippen molar-refractivity contribution >= 4 is 7.60 Å². The van der Waals surface area contributed by atoms with Crippen molar-refractivity contribution in [2.24, 2.45) is 0 Å². The molecule has 0 aromatic heterocycles. The SMILES string of the molecule is C=CCP(=O)(Oc1ccc(O)cc1)Oc1ccc(O)cc1. The van der Waals surface area contributed by atoms with Crippen LogP contribution in [-0.2, 0) is 4.57 Å². The lowest BCUT2D eigenvalue weighted by Crippen LogP contribution is -2.03. The molecule has 0 radical (unpaired) electrons. The standard InChI is InChI=1S/C15H15O5P/c1-2-11-21(18,19-14-7-3-12(16)4-8-14)20-15-9-5-13(17)6-10-15/h2-10,16-17H,1,11H2. The zero-order valence-corrected chi connectivity index (χ0v) is 12.1. The number of aromatic hydroxyl groups is 2. The number of hydrogen-bond donors (Lipinski definition) is 2. The molecule has 6 heteroatoms. The zero-order valence-electron chi connectivity index (χ0n) is 11.2. The molecule has 0 aliphatic heterocycles. The first-order chi connectivity index (χ1) is 10.0. The molecule has 0 saturated carbocycles. The van der Waals surface area contributed by atoms with Gasteiger partial charge in [-0.15, -0.1) is 6.58 Å². The second-order valence-electron chi connectivity index (χ2n) is 4.25. The molecule has 2 rings (SSSR count). The highest BCUT2D eigenvalue weighted by molar-refractivity contribution is 7.54. The minimum atomic E-state index is -3.47. The average molecular weight is 306 g/mol. The van der Waals surface area contributed by atoms with E-state index in [9.17, 15) is 14.8 Å². The Bertz CT molecular complexity index is 597. The number of rotatable bonds is 6. The molecular weight excluding hydrogens is 291 g/mol. The molecule has 0 unspecified atom stereocenters. The fraction of sp³-hybridized carbons (Fsp3) is 0.0667. The Kier molecular flexibility index (Phi) is 4.55. The van der Waals surface area contributed by atoms with Gasteiger partial charge in [-0.25, -0.2) is 4.57 Å². The summed E-state index contributed by atoms with van der Waals surface area (Å²) in [5, 5.41) is 18.4. The van der Waals surface area contributed by atoms with Crippen LogP contribution in [0.1, 0.15) is 0 Å². The van der Waals surface area contributed by atoms with Gasteiger partial charge in [-0.2, -0.15) is 0 Å². The van der Waals surface area contributed by atoms with Crippen molar-refractivity contribution in [2.45, 2.75) is 0 Å². The van der Waals surface area contributed by atoms with Crippen molar-refractivity contribution in [2.75, 3.05) is 6.16 Å². The molecule has 0 spiro atoms. The Balaban J connectivity index is 2.19. The first kappa shape index (κ1) is 15.0. The maximum atomic E-state index is 12.7. The molecule has 21 heavy (non-hydrogen) atoms. The minimum Gasteiger partial charge on any atom is -0.508 e. The van der Waals surface area contributed by atoms with Gasteiger partial charge >= 0.3 is 7.60 Å². The predicted molar refractivity (Wildman–Crippen MR) is 80.1 cm³/mol. The summed E-state index contributed by atoms with van der Waals surface area (Å²) < 4.78 is 23.5. The highest BCUT2D eigenvalue weighted by atomic mass is 31.2. The highest BCUT2D eigenvalue weighted by Crippen LogP contribution is 2.48. The van der Waals surface area contributed by atoms with Gasteiger partial charge < -0.3 is 19.3 Å². The Labute approximate surface area is 122 Å². The third-order valence-corrected chi connectivity index (χ3v) is 4.20. The minimum absolute atomic E-state index is 0.0226. The number of hydrogen-bond acceptors (Lipinski definition) is 5. The van der Waals surface area contributed by atoms with Crippen LogP contribution in [0.15, 0.2) is 61.2 Å². The monoisotopic (exact) mass is 306 g/mol. The van der Waals surface area contributed by atoms with E-state index < -0.39 is 7.60 Å². The molecule has 0 atom stereocenters. The van der Waals surface area contributed by atoms with Crippen LogP contribution in [0.2, 0.25) is 0 Å². The van der Waals surface area contributed by atoms with Crippen molar-refractivity contribution in [1.29, 1.82) is 0 Å². The molecule has 5 nitrogen and oxygen atoms in total. The summed E-state index contributed by atoms with van der Waals surface area (Å²) in [6.07, 6.45) is 1.47. The normalized spacial score (nSPS) is 10.9. The zero-order chi connectivity index (χ0) is 15.3. The summed E-state index contributed by atoms with van der Waals surface area (Å²) in [5.74, 6) is 0.800. The number of allylic oxidation sites excluding steroid dienone is 1. The Morgan fingerprint density at radius 2 is 1.29 bits per heavy atom. The van der Waals surface area contributed by atoms with Crippen molar-refractivity contribution in [1.82, 2.24) is 0 Å². The molecule has 0 heterocycles.